The fraction of sp³-hybridized carbons (Fsp3) is 0.471. The van der Waals surface area contributed by atoms with Crippen LogP contribution in [-0.2, 0) is 19.8 Å². The Morgan fingerprint density at radius 2 is 1.81 bits per heavy atom. The summed E-state index contributed by atoms with van der Waals surface area (Å²) in [5, 5.41) is 11.7. The maximum absolute atomic E-state index is 12.4. The zero-order valence-electron chi connectivity index (χ0n) is 14.3. The summed E-state index contributed by atoms with van der Waals surface area (Å²) in [6, 6.07) is 6.14. The summed E-state index contributed by atoms with van der Waals surface area (Å²) in [6.45, 7) is 1.44. The molecule has 2 rings (SSSR count). The van der Waals surface area contributed by atoms with Gasteiger partial charge in [0.05, 0.1) is 11.3 Å². The van der Waals surface area contributed by atoms with Gasteiger partial charge in [0, 0.05) is 18.7 Å². The molecule has 1 heterocycles. The SMILES string of the molecule is CC(C)(C(=O)O)c1ccc(NC(=O)C2CC(=O)N(CC(F)(F)F)C2)cc1. The van der Waals surface area contributed by atoms with Crippen molar-refractivity contribution in [2.45, 2.75) is 31.9 Å². The third-order valence-electron chi connectivity index (χ3n) is 4.36. The first-order valence-corrected chi connectivity index (χ1v) is 7.89. The second-order valence-corrected chi connectivity index (χ2v) is 6.79. The van der Waals surface area contributed by atoms with E-state index in [0.29, 0.717) is 16.2 Å². The van der Waals surface area contributed by atoms with Gasteiger partial charge in [-0.3, -0.25) is 14.4 Å². The van der Waals surface area contributed by atoms with Crippen LogP contribution in [0.3, 0.4) is 0 Å². The van der Waals surface area contributed by atoms with Crippen molar-refractivity contribution in [2.75, 3.05) is 18.4 Å². The number of carbonyl (C=O) groups excluding carboxylic acids is 2. The smallest absolute Gasteiger partial charge is 0.406 e. The Kier molecular flexibility index (Phi) is 5.29. The van der Waals surface area contributed by atoms with Crippen molar-refractivity contribution >= 4 is 23.5 Å². The van der Waals surface area contributed by atoms with Gasteiger partial charge in [0.2, 0.25) is 11.8 Å². The molecule has 0 saturated carbocycles. The highest BCUT2D eigenvalue weighted by Crippen LogP contribution is 2.27. The first-order valence-electron chi connectivity index (χ1n) is 7.89. The van der Waals surface area contributed by atoms with E-state index in [1.165, 1.54) is 12.1 Å². The molecule has 0 bridgehead atoms. The number of anilines is 1. The highest BCUT2D eigenvalue weighted by Gasteiger charge is 2.40. The molecule has 2 amide bonds. The van der Waals surface area contributed by atoms with E-state index in [-0.39, 0.29) is 13.0 Å². The number of amides is 2. The Morgan fingerprint density at radius 3 is 2.31 bits per heavy atom. The quantitative estimate of drug-likeness (QED) is 0.831. The number of hydrogen-bond acceptors (Lipinski definition) is 3. The summed E-state index contributed by atoms with van der Waals surface area (Å²) in [7, 11) is 0. The Balaban J connectivity index is 2.00. The zero-order valence-corrected chi connectivity index (χ0v) is 14.3. The van der Waals surface area contributed by atoms with Crippen molar-refractivity contribution in [3.63, 3.8) is 0 Å². The summed E-state index contributed by atoms with van der Waals surface area (Å²) in [6.07, 6.45) is -4.78. The van der Waals surface area contributed by atoms with Crippen molar-refractivity contribution in [1.29, 1.82) is 0 Å². The molecule has 0 aromatic heterocycles. The van der Waals surface area contributed by atoms with E-state index in [2.05, 4.69) is 5.32 Å². The van der Waals surface area contributed by atoms with E-state index in [4.69, 9.17) is 0 Å². The van der Waals surface area contributed by atoms with Gasteiger partial charge >= 0.3 is 12.1 Å². The molecule has 1 saturated heterocycles. The number of likely N-dealkylation sites (tertiary alicyclic amines) is 1. The number of alkyl halides is 3. The first kappa shape index (κ1) is 19.7. The standard InChI is InChI=1S/C17H19F3N2O4/c1-16(2,15(25)26)11-3-5-12(6-4-11)21-14(24)10-7-13(23)22(8-10)9-17(18,19)20/h3-6,10H,7-9H2,1-2H3,(H,21,24)(H,25,26). The van der Waals surface area contributed by atoms with Gasteiger partial charge in [-0.2, -0.15) is 13.2 Å². The highest BCUT2D eigenvalue weighted by atomic mass is 19.4. The van der Waals surface area contributed by atoms with E-state index in [9.17, 15) is 32.7 Å². The summed E-state index contributed by atoms with van der Waals surface area (Å²) in [5.74, 6) is -3.11. The van der Waals surface area contributed by atoms with E-state index >= 15 is 0 Å². The number of carbonyl (C=O) groups is 3. The van der Waals surface area contributed by atoms with Crippen molar-refractivity contribution in [2.24, 2.45) is 5.92 Å². The van der Waals surface area contributed by atoms with Gasteiger partial charge in [0.25, 0.3) is 0 Å². The number of benzene rings is 1. The summed E-state index contributed by atoms with van der Waals surface area (Å²) in [4.78, 5) is 35.7. The van der Waals surface area contributed by atoms with Gasteiger partial charge in [-0.25, -0.2) is 0 Å². The van der Waals surface area contributed by atoms with Crippen LogP contribution < -0.4 is 5.32 Å². The number of halogens is 3. The van der Waals surface area contributed by atoms with Crippen LogP contribution in [0.25, 0.3) is 0 Å². The summed E-state index contributed by atoms with van der Waals surface area (Å²) < 4.78 is 37.2. The molecule has 26 heavy (non-hydrogen) atoms. The lowest BCUT2D eigenvalue weighted by molar-refractivity contribution is -0.157. The molecular formula is C17H19F3N2O4. The van der Waals surface area contributed by atoms with Gasteiger partial charge in [0.15, 0.2) is 0 Å². The molecule has 0 radical (unpaired) electrons. The van der Waals surface area contributed by atoms with E-state index in [0.717, 1.165) is 0 Å². The van der Waals surface area contributed by atoms with Crippen molar-refractivity contribution in [3.8, 4) is 0 Å². The van der Waals surface area contributed by atoms with Crippen LogP contribution in [0.2, 0.25) is 0 Å². The number of rotatable bonds is 5. The minimum absolute atomic E-state index is 0.272. The molecule has 1 aromatic carbocycles. The molecule has 0 aliphatic carbocycles. The second kappa shape index (κ2) is 6.97. The van der Waals surface area contributed by atoms with Gasteiger partial charge in [-0.15, -0.1) is 0 Å². The average molecular weight is 372 g/mol. The van der Waals surface area contributed by atoms with E-state index < -0.39 is 41.8 Å². The van der Waals surface area contributed by atoms with Crippen molar-refractivity contribution in [1.82, 2.24) is 4.90 Å². The molecule has 142 valence electrons. The average Bonchev–Trinajstić information content (AvgIpc) is 2.87. The van der Waals surface area contributed by atoms with Gasteiger partial charge in [-0.05, 0) is 31.5 Å². The lowest BCUT2D eigenvalue weighted by Gasteiger charge is -2.20. The Bertz CT molecular complexity index is 714. The molecule has 1 aromatic rings. The molecule has 6 nitrogen and oxygen atoms in total. The van der Waals surface area contributed by atoms with E-state index in [1.54, 1.807) is 26.0 Å². The Hall–Kier alpha value is -2.58. The maximum atomic E-state index is 12.4. The van der Waals surface area contributed by atoms with Crippen LogP contribution in [0.5, 0.6) is 0 Å². The van der Waals surface area contributed by atoms with Crippen LogP contribution in [0, 0.1) is 5.92 Å². The fourth-order valence-electron chi connectivity index (χ4n) is 2.66. The van der Waals surface area contributed by atoms with Gasteiger partial charge in [0.1, 0.15) is 6.54 Å². The van der Waals surface area contributed by atoms with Crippen LogP contribution in [0.1, 0.15) is 25.8 Å². The number of nitrogens with one attached hydrogen (secondary N) is 1. The lowest BCUT2D eigenvalue weighted by Crippen LogP contribution is -2.36. The number of aliphatic carboxylic acids is 1. The largest absolute Gasteiger partial charge is 0.481 e. The highest BCUT2D eigenvalue weighted by molar-refractivity contribution is 5.97. The Morgan fingerprint density at radius 1 is 1.23 bits per heavy atom. The number of carboxylic acids is 1. The minimum Gasteiger partial charge on any atom is -0.481 e. The molecule has 1 unspecified atom stereocenters. The number of carboxylic acid groups (broad SMARTS) is 1. The second-order valence-electron chi connectivity index (χ2n) is 6.79. The van der Waals surface area contributed by atoms with Crippen molar-refractivity contribution < 1.29 is 32.7 Å². The monoisotopic (exact) mass is 372 g/mol. The van der Waals surface area contributed by atoms with Crippen LogP contribution in [0.15, 0.2) is 24.3 Å². The minimum atomic E-state index is -4.51. The predicted molar refractivity (Wildman–Crippen MR) is 86.5 cm³/mol. The molecule has 1 fully saturated rings. The normalized spacial score (nSPS) is 18.1. The Labute approximate surface area is 148 Å². The van der Waals surface area contributed by atoms with Crippen molar-refractivity contribution in [3.05, 3.63) is 29.8 Å². The van der Waals surface area contributed by atoms with Crippen LogP contribution in [-0.4, -0.2) is 47.1 Å². The molecule has 1 aliphatic heterocycles. The molecule has 1 aliphatic rings. The lowest BCUT2D eigenvalue weighted by atomic mass is 9.85. The zero-order chi connectivity index (χ0) is 19.7. The topological polar surface area (TPSA) is 86.7 Å². The molecule has 0 spiro atoms. The predicted octanol–water partition coefficient (Wildman–Crippen LogP) is 2.40. The maximum Gasteiger partial charge on any atom is 0.406 e. The molecule has 2 N–H and O–H groups in total. The summed E-state index contributed by atoms with van der Waals surface area (Å²) >= 11 is 0. The van der Waals surface area contributed by atoms with Crippen LogP contribution >= 0.6 is 0 Å². The molecular weight excluding hydrogens is 353 g/mol. The molecule has 1 atom stereocenters. The summed E-state index contributed by atoms with van der Waals surface area (Å²) in [5.41, 5.74) is -0.185. The van der Waals surface area contributed by atoms with Gasteiger partial charge in [-0.1, -0.05) is 12.1 Å². The number of hydrogen-bond donors (Lipinski definition) is 2. The fourth-order valence-corrected chi connectivity index (χ4v) is 2.66. The first-order chi connectivity index (χ1) is 11.9. The third-order valence-corrected chi connectivity index (χ3v) is 4.36. The van der Waals surface area contributed by atoms with Crippen LogP contribution in [0.4, 0.5) is 18.9 Å². The van der Waals surface area contributed by atoms with E-state index in [1.807, 2.05) is 0 Å². The van der Waals surface area contributed by atoms with Gasteiger partial charge < -0.3 is 15.3 Å². The number of nitrogens with zero attached hydrogens (tertiary/aromatic N) is 1. The molecule has 9 heteroatoms. The third kappa shape index (κ3) is 4.53.